The number of aliphatic hydroxyl groups excluding tert-OH is 1. The monoisotopic (exact) mass is 370 g/mol. The van der Waals surface area contributed by atoms with E-state index in [2.05, 4.69) is 25.3 Å². The highest BCUT2D eigenvalue weighted by Gasteiger charge is 2.24. The third-order valence-corrected chi connectivity index (χ3v) is 4.79. The van der Waals surface area contributed by atoms with E-state index in [-0.39, 0.29) is 18.6 Å². The van der Waals surface area contributed by atoms with Crippen LogP contribution in [0.4, 0.5) is 5.95 Å². The quantitative estimate of drug-likeness (QED) is 0.690. The van der Waals surface area contributed by atoms with Crippen molar-refractivity contribution in [1.29, 1.82) is 0 Å². The van der Waals surface area contributed by atoms with Crippen molar-refractivity contribution < 1.29 is 14.4 Å². The van der Waals surface area contributed by atoms with Gasteiger partial charge < -0.3 is 24.4 Å². The number of aliphatic hydroxyl groups is 1. The number of rotatable bonds is 5. The van der Waals surface area contributed by atoms with Gasteiger partial charge in [-0.25, -0.2) is 4.98 Å². The number of amides is 1. The molecule has 0 saturated carbocycles. The zero-order valence-electron chi connectivity index (χ0n) is 15.3. The highest BCUT2D eigenvalue weighted by molar-refractivity contribution is 5.97. The predicted octanol–water partition coefficient (Wildman–Crippen LogP) is 1.02. The van der Waals surface area contributed by atoms with Crippen LogP contribution in [0, 0.1) is 0 Å². The third-order valence-electron chi connectivity index (χ3n) is 4.79. The Hall–Kier alpha value is -2.94. The van der Waals surface area contributed by atoms with E-state index in [1.165, 1.54) is 0 Å². The number of β-amino-alcohol motifs (C(OH)–C–C–N with tert-alkyl or cyclic N) is 1. The number of carbonyl (C=O) groups excluding carboxylic acids is 1. The van der Waals surface area contributed by atoms with Crippen LogP contribution >= 0.6 is 0 Å². The maximum Gasteiger partial charge on any atom is 0.251 e. The Kier molecular flexibility index (Phi) is 4.53. The molecule has 9 nitrogen and oxygen atoms in total. The topological polar surface area (TPSA) is 109 Å². The molecule has 3 aromatic rings. The molecular formula is C18H22N6O3. The lowest BCUT2D eigenvalue weighted by molar-refractivity contribution is 0.0946. The number of anilines is 1. The van der Waals surface area contributed by atoms with E-state index >= 15 is 0 Å². The maximum absolute atomic E-state index is 12.4. The molecule has 142 valence electrons. The van der Waals surface area contributed by atoms with Crippen molar-refractivity contribution in [2.45, 2.75) is 32.4 Å². The lowest BCUT2D eigenvalue weighted by atomic mass is 10.2. The molecule has 1 aliphatic rings. The molecule has 27 heavy (non-hydrogen) atoms. The molecular weight excluding hydrogens is 348 g/mol. The van der Waals surface area contributed by atoms with Crippen molar-refractivity contribution in [2.24, 2.45) is 7.05 Å². The number of hydrogen-bond acceptors (Lipinski definition) is 7. The summed E-state index contributed by atoms with van der Waals surface area (Å²) in [6, 6.07) is 5.42. The van der Waals surface area contributed by atoms with Crippen LogP contribution in [0.25, 0.3) is 11.0 Å². The summed E-state index contributed by atoms with van der Waals surface area (Å²) in [6.45, 7) is 3.47. The fourth-order valence-corrected chi connectivity index (χ4v) is 3.30. The summed E-state index contributed by atoms with van der Waals surface area (Å²) in [5, 5.41) is 16.4. The summed E-state index contributed by atoms with van der Waals surface area (Å²) in [5.41, 5.74) is 2.20. The summed E-state index contributed by atoms with van der Waals surface area (Å²) >= 11 is 0. The van der Waals surface area contributed by atoms with Crippen LogP contribution < -0.4 is 10.2 Å². The molecule has 1 saturated heterocycles. The number of nitrogens with one attached hydrogen (secondary N) is 1. The van der Waals surface area contributed by atoms with Gasteiger partial charge in [0, 0.05) is 32.1 Å². The molecule has 1 amide bonds. The zero-order chi connectivity index (χ0) is 19.0. The standard InChI is InChI=1S/C18H22N6O3/c1-3-15-21-16(27-22-15)9-19-17(26)11-4-5-14-13(8-11)20-18(23(14)2)24-7-6-12(25)10-24/h4-5,8,12,25H,3,6-7,9-10H2,1-2H3,(H,19,26)/t12-/m0/s1. The van der Waals surface area contributed by atoms with Crippen LogP contribution in [0.2, 0.25) is 0 Å². The third kappa shape index (κ3) is 3.37. The van der Waals surface area contributed by atoms with Gasteiger partial charge in [0.25, 0.3) is 5.91 Å². The first kappa shape index (κ1) is 17.5. The normalized spacial score (nSPS) is 17.0. The van der Waals surface area contributed by atoms with Gasteiger partial charge >= 0.3 is 0 Å². The molecule has 2 aromatic heterocycles. The minimum absolute atomic E-state index is 0.184. The van der Waals surface area contributed by atoms with Crippen LogP contribution in [0.15, 0.2) is 22.7 Å². The van der Waals surface area contributed by atoms with Crippen LogP contribution in [0.3, 0.4) is 0 Å². The van der Waals surface area contributed by atoms with Gasteiger partial charge in [-0.1, -0.05) is 12.1 Å². The van der Waals surface area contributed by atoms with E-state index in [4.69, 9.17) is 4.52 Å². The minimum Gasteiger partial charge on any atom is -0.391 e. The van der Waals surface area contributed by atoms with Gasteiger partial charge in [0.15, 0.2) is 5.82 Å². The van der Waals surface area contributed by atoms with Crippen LogP contribution in [-0.2, 0) is 20.0 Å². The van der Waals surface area contributed by atoms with E-state index in [9.17, 15) is 9.90 Å². The van der Waals surface area contributed by atoms with E-state index < -0.39 is 0 Å². The summed E-state index contributed by atoms with van der Waals surface area (Å²) in [6.07, 6.45) is 1.11. The Morgan fingerprint density at radius 1 is 1.41 bits per heavy atom. The number of imidazole rings is 1. The fraction of sp³-hybridized carbons (Fsp3) is 0.444. The molecule has 0 aliphatic carbocycles. The molecule has 0 radical (unpaired) electrons. The van der Waals surface area contributed by atoms with Crippen molar-refractivity contribution >= 4 is 22.9 Å². The summed E-state index contributed by atoms with van der Waals surface area (Å²) in [7, 11) is 1.94. The lowest BCUT2D eigenvalue weighted by Gasteiger charge is -2.16. The Bertz CT molecular complexity index is 979. The van der Waals surface area contributed by atoms with E-state index in [1.54, 1.807) is 12.1 Å². The average Bonchev–Trinajstić information content (AvgIpc) is 3.38. The smallest absolute Gasteiger partial charge is 0.251 e. The molecule has 0 unspecified atom stereocenters. The first-order valence-electron chi connectivity index (χ1n) is 9.04. The second kappa shape index (κ2) is 6.99. The molecule has 3 heterocycles. The SMILES string of the molecule is CCc1noc(CNC(=O)c2ccc3c(c2)nc(N2CC[C@H](O)C2)n3C)n1. The first-order valence-corrected chi connectivity index (χ1v) is 9.04. The minimum atomic E-state index is -0.316. The van der Waals surface area contributed by atoms with Crippen LogP contribution in [0.1, 0.15) is 35.4 Å². The largest absolute Gasteiger partial charge is 0.391 e. The molecule has 2 N–H and O–H groups in total. The number of hydrogen-bond donors (Lipinski definition) is 2. The predicted molar refractivity (Wildman–Crippen MR) is 98.4 cm³/mol. The van der Waals surface area contributed by atoms with Crippen molar-refractivity contribution in [3.8, 4) is 0 Å². The molecule has 0 bridgehead atoms. The fourth-order valence-electron chi connectivity index (χ4n) is 3.30. The number of aromatic nitrogens is 4. The van der Waals surface area contributed by atoms with Gasteiger partial charge in [0.1, 0.15) is 0 Å². The van der Waals surface area contributed by atoms with Crippen molar-refractivity contribution in [3.63, 3.8) is 0 Å². The summed E-state index contributed by atoms with van der Waals surface area (Å²) in [4.78, 5) is 23.3. The van der Waals surface area contributed by atoms with Gasteiger partial charge in [0.2, 0.25) is 11.8 Å². The Morgan fingerprint density at radius 3 is 2.96 bits per heavy atom. The Morgan fingerprint density at radius 2 is 2.26 bits per heavy atom. The second-order valence-corrected chi connectivity index (χ2v) is 6.70. The van der Waals surface area contributed by atoms with Crippen molar-refractivity contribution in [3.05, 3.63) is 35.5 Å². The van der Waals surface area contributed by atoms with Crippen molar-refractivity contribution in [2.75, 3.05) is 18.0 Å². The molecule has 1 atom stereocenters. The summed E-state index contributed by atoms with van der Waals surface area (Å²) in [5.74, 6) is 1.58. The molecule has 1 aromatic carbocycles. The number of benzene rings is 1. The molecule has 9 heteroatoms. The summed E-state index contributed by atoms with van der Waals surface area (Å²) < 4.78 is 7.07. The van der Waals surface area contributed by atoms with Gasteiger partial charge in [0.05, 0.1) is 23.7 Å². The highest BCUT2D eigenvalue weighted by atomic mass is 16.5. The molecule has 1 aliphatic heterocycles. The lowest BCUT2D eigenvalue weighted by Crippen LogP contribution is -2.24. The maximum atomic E-state index is 12.4. The van der Waals surface area contributed by atoms with Crippen LogP contribution in [-0.4, -0.2) is 49.9 Å². The van der Waals surface area contributed by atoms with Crippen molar-refractivity contribution in [1.82, 2.24) is 25.0 Å². The highest BCUT2D eigenvalue weighted by Crippen LogP contribution is 2.25. The Balaban J connectivity index is 1.51. The Labute approximate surface area is 156 Å². The average molecular weight is 370 g/mol. The molecule has 1 fully saturated rings. The number of carbonyl (C=O) groups is 1. The molecule has 0 spiro atoms. The second-order valence-electron chi connectivity index (χ2n) is 6.70. The van der Waals surface area contributed by atoms with Gasteiger partial charge in [-0.2, -0.15) is 4.98 Å². The molecule has 4 rings (SSSR count). The van der Waals surface area contributed by atoms with Gasteiger partial charge in [-0.05, 0) is 24.6 Å². The van der Waals surface area contributed by atoms with Crippen LogP contribution in [0.5, 0.6) is 0 Å². The zero-order valence-corrected chi connectivity index (χ0v) is 15.3. The van der Waals surface area contributed by atoms with Gasteiger partial charge in [-0.3, -0.25) is 4.79 Å². The van der Waals surface area contributed by atoms with E-state index in [1.807, 2.05) is 24.6 Å². The number of fused-ring (bicyclic) bond motifs is 1. The number of nitrogens with zero attached hydrogens (tertiary/aromatic N) is 5. The van der Waals surface area contributed by atoms with Gasteiger partial charge in [-0.15, -0.1) is 0 Å². The van der Waals surface area contributed by atoms with E-state index in [0.717, 1.165) is 29.9 Å². The number of aryl methyl sites for hydroxylation is 2. The van der Waals surface area contributed by atoms with E-state index in [0.29, 0.717) is 30.2 Å². The first-order chi connectivity index (χ1) is 13.0.